The van der Waals surface area contributed by atoms with Crippen molar-refractivity contribution in [2.24, 2.45) is 5.73 Å². The third-order valence-electron chi connectivity index (χ3n) is 2.50. The van der Waals surface area contributed by atoms with E-state index < -0.39 is 0 Å². The van der Waals surface area contributed by atoms with Gasteiger partial charge in [0.1, 0.15) is 0 Å². The number of guanidine groups is 1. The molecule has 0 aliphatic heterocycles. The molecule has 0 unspecified atom stereocenters. The molecule has 90 valence electrons. The van der Waals surface area contributed by atoms with E-state index in [1.54, 1.807) is 12.1 Å². The summed E-state index contributed by atoms with van der Waals surface area (Å²) >= 11 is 0. The molecule has 0 fully saturated rings. The molecule has 0 aliphatic carbocycles. The second-order valence-electron chi connectivity index (χ2n) is 3.81. The molecule has 4 N–H and O–H groups in total. The van der Waals surface area contributed by atoms with Gasteiger partial charge in [0, 0.05) is 5.56 Å². The minimum atomic E-state index is -0.373. The maximum absolute atomic E-state index is 11.6. The van der Waals surface area contributed by atoms with Crippen molar-refractivity contribution in [1.29, 1.82) is 5.41 Å². The molecule has 0 bridgehead atoms. The van der Waals surface area contributed by atoms with Gasteiger partial charge in [0.05, 0.1) is 0 Å². The number of nitrogens with one attached hydrogen (secondary N) is 2. The van der Waals surface area contributed by atoms with E-state index in [4.69, 9.17) is 11.1 Å². The number of amides is 1. The van der Waals surface area contributed by atoms with Gasteiger partial charge < -0.3 is 5.73 Å². The average Bonchev–Trinajstić information content (AvgIpc) is 2.39. The first-order chi connectivity index (χ1) is 8.66. The highest BCUT2D eigenvalue weighted by Crippen LogP contribution is 2.19. The predicted molar refractivity (Wildman–Crippen MR) is 71.3 cm³/mol. The summed E-state index contributed by atoms with van der Waals surface area (Å²) in [6, 6.07) is 17.0. The molecular formula is C14H13N3O. The third-order valence-corrected chi connectivity index (χ3v) is 2.50. The molecule has 2 aromatic carbocycles. The molecule has 0 aromatic heterocycles. The van der Waals surface area contributed by atoms with Crippen LogP contribution in [0.5, 0.6) is 0 Å². The lowest BCUT2D eigenvalue weighted by molar-refractivity contribution is 0.0976. The van der Waals surface area contributed by atoms with E-state index in [9.17, 15) is 4.79 Å². The SMILES string of the molecule is N=C(N)NC(=O)c1ccc(-c2ccccc2)cc1. The molecule has 0 heterocycles. The quantitative estimate of drug-likeness (QED) is 0.553. The Morgan fingerprint density at radius 2 is 1.50 bits per heavy atom. The molecule has 0 radical (unpaired) electrons. The number of carbonyl (C=O) groups excluding carboxylic acids is 1. The number of rotatable bonds is 2. The molecule has 2 rings (SSSR count). The first-order valence-corrected chi connectivity index (χ1v) is 5.47. The van der Waals surface area contributed by atoms with Crippen LogP contribution in [0.15, 0.2) is 54.6 Å². The van der Waals surface area contributed by atoms with Crippen LogP contribution in [0.1, 0.15) is 10.4 Å². The minimum Gasteiger partial charge on any atom is -0.370 e. The smallest absolute Gasteiger partial charge is 0.257 e. The largest absolute Gasteiger partial charge is 0.370 e. The van der Waals surface area contributed by atoms with Gasteiger partial charge in [0.25, 0.3) is 5.91 Å². The lowest BCUT2D eigenvalue weighted by atomic mass is 10.0. The normalized spacial score (nSPS) is 9.78. The van der Waals surface area contributed by atoms with Gasteiger partial charge in [-0.15, -0.1) is 0 Å². The highest BCUT2D eigenvalue weighted by atomic mass is 16.1. The third kappa shape index (κ3) is 2.74. The number of nitrogens with two attached hydrogens (primary N) is 1. The van der Waals surface area contributed by atoms with E-state index in [2.05, 4.69) is 5.32 Å². The predicted octanol–water partition coefficient (Wildman–Crippen LogP) is 1.98. The highest BCUT2D eigenvalue weighted by Gasteiger charge is 2.06. The Hall–Kier alpha value is -2.62. The summed E-state index contributed by atoms with van der Waals surface area (Å²) in [7, 11) is 0. The van der Waals surface area contributed by atoms with Crippen molar-refractivity contribution < 1.29 is 4.79 Å². The summed E-state index contributed by atoms with van der Waals surface area (Å²) in [6.07, 6.45) is 0. The van der Waals surface area contributed by atoms with Gasteiger partial charge in [-0.1, -0.05) is 42.5 Å². The number of benzene rings is 2. The summed E-state index contributed by atoms with van der Waals surface area (Å²) in [6.45, 7) is 0. The van der Waals surface area contributed by atoms with Gasteiger partial charge in [-0.05, 0) is 23.3 Å². The second kappa shape index (κ2) is 5.14. The van der Waals surface area contributed by atoms with Crippen LogP contribution in [-0.4, -0.2) is 11.9 Å². The number of hydrogen-bond donors (Lipinski definition) is 3. The van der Waals surface area contributed by atoms with Crippen molar-refractivity contribution in [2.75, 3.05) is 0 Å². The fourth-order valence-electron chi connectivity index (χ4n) is 1.64. The van der Waals surface area contributed by atoms with Gasteiger partial charge in [0.2, 0.25) is 0 Å². The lowest BCUT2D eigenvalue weighted by Gasteiger charge is -2.04. The summed E-state index contributed by atoms with van der Waals surface area (Å²) in [4.78, 5) is 11.6. The Kier molecular flexibility index (Phi) is 3.38. The van der Waals surface area contributed by atoms with Gasteiger partial charge in [-0.3, -0.25) is 15.5 Å². The van der Waals surface area contributed by atoms with Crippen LogP contribution < -0.4 is 11.1 Å². The summed E-state index contributed by atoms with van der Waals surface area (Å²) in [5.74, 6) is -0.728. The Bertz CT molecular complexity index is 561. The molecule has 1 amide bonds. The maximum atomic E-state index is 11.6. The van der Waals surface area contributed by atoms with Gasteiger partial charge in [-0.2, -0.15) is 0 Å². The van der Waals surface area contributed by atoms with Gasteiger partial charge >= 0.3 is 0 Å². The topological polar surface area (TPSA) is 79.0 Å². The lowest BCUT2D eigenvalue weighted by Crippen LogP contribution is -2.35. The van der Waals surface area contributed by atoms with E-state index in [-0.39, 0.29) is 11.9 Å². The molecular weight excluding hydrogens is 226 g/mol. The molecule has 4 heteroatoms. The summed E-state index contributed by atoms with van der Waals surface area (Å²) in [5, 5.41) is 9.24. The zero-order valence-corrected chi connectivity index (χ0v) is 9.68. The fourth-order valence-corrected chi connectivity index (χ4v) is 1.64. The van der Waals surface area contributed by atoms with Crippen molar-refractivity contribution in [2.45, 2.75) is 0 Å². The van der Waals surface area contributed by atoms with Crippen molar-refractivity contribution in [1.82, 2.24) is 5.32 Å². The van der Waals surface area contributed by atoms with Crippen LogP contribution in [0.4, 0.5) is 0 Å². The van der Waals surface area contributed by atoms with E-state index in [0.29, 0.717) is 5.56 Å². The molecule has 18 heavy (non-hydrogen) atoms. The van der Waals surface area contributed by atoms with Crippen LogP contribution in [0.25, 0.3) is 11.1 Å². The first kappa shape index (κ1) is 11.9. The fraction of sp³-hybridized carbons (Fsp3) is 0. The summed E-state index contributed by atoms with van der Waals surface area (Å²) < 4.78 is 0. The molecule has 0 spiro atoms. The van der Waals surface area contributed by atoms with Crippen molar-refractivity contribution in [3.63, 3.8) is 0 Å². The number of carbonyl (C=O) groups is 1. The van der Waals surface area contributed by atoms with Crippen molar-refractivity contribution in [3.8, 4) is 11.1 Å². The molecule has 2 aromatic rings. The van der Waals surface area contributed by atoms with E-state index >= 15 is 0 Å². The maximum Gasteiger partial charge on any atom is 0.257 e. The Morgan fingerprint density at radius 3 is 2.06 bits per heavy atom. The van der Waals surface area contributed by atoms with E-state index in [0.717, 1.165) is 11.1 Å². The van der Waals surface area contributed by atoms with E-state index in [1.807, 2.05) is 42.5 Å². The molecule has 0 saturated heterocycles. The molecule has 0 atom stereocenters. The van der Waals surface area contributed by atoms with Crippen LogP contribution in [-0.2, 0) is 0 Å². The summed E-state index contributed by atoms with van der Waals surface area (Å²) in [5.41, 5.74) is 7.71. The van der Waals surface area contributed by atoms with Crippen LogP contribution in [0.3, 0.4) is 0 Å². The van der Waals surface area contributed by atoms with Crippen LogP contribution in [0.2, 0.25) is 0 Å². The molecule has 0 aliphatic rings. The van der Waals surface area contributed by atoms with Crippen molar-refractivity contribution >= 4 is 11.9 Å². The highest BCUT2D eigenvalue weighted by molar-refractivity contribution is 6.04. The first-order valence-electron chi connectivity index (χ1n) is 5.47. The van der Waals surface area contributed by atoms with Crippen LogP contribution in [0, 0.1) is 5.41 Å². The van der Waals surface area contributed by atoms with Crippen LogP contribution >= 0.6 is 0 Å². The van der Waals surface area contributed by atoms with Gasteiger partial charge in [-0.25, -0.2) is 0 Å². The standard InChI is InChI=1S/C14H13N3O/c15-14(16)17-13(18)12-8-6-11(7-9-12)10-4-2-1-3-5-10/h1-9H,(H4,15,16,17,18). The minimum absolute atomic E-state index is 0.355. The van der Waals surface area contributed by atoms with Gasteiger partial charge in [0.15, 0.2) is 5.96 Å². The van der Waals surface area contributed by atoms with E-state index in [1.165, 1.54) is 0 Å². The monoisotopic (exact) mass is 239 g/mol. The molecule has 4 nitrogen and oxygen atoms in total. The zero-order valence-electron chi connectivity index (χ0n) is 9.68. The number of hydrogen-bond acceptors (Lipinski definition) is 2. The Labute approximate surface area is 105 Å². The molecule has 0 saturated carbocycles. The second-order valence-corrected chi connectivity index (χ2v) is 3.81. The Balaban J connectivity index is 2.20. The Morgan fingerprint density at radius 1 is 0.944 bits per heavy atom. The average molecular weight is 239 g/mol. The zero-order chi connectivity index (χ0) is 13.0. The van der Waals surface area contributed by atoms with Crippen molar-refractivity contribution in [3.05, 3.63) is 60.2 Å².